The smallest absolute Gasteiger partial charge is 0.261 e. The maximum atomic E-state index is 12.6. The van der Waals surface area contributed by atoms with Crippen molar-refractivity contribution < 1.29 is 4.79 Å². The van der Waals surface area contributed by atoms with E-state index >= 15 is 0 Å². The third-order valence-corrected chi connectivity index (χ3v) is 5.01. The summed E-state index contributed by atoms with van der Waals surface area (Å²) in [6, 6.07) is 14.4. The minimum absolute atomic E-state index is 0.219. The van der Waals surface area contributed by atoms with Crippen molar-refractivity contribution >= 4 is 27.8 Å². The summed E-state index contributed by atoms with van der Waals surface area (Å²) in [4.78, 5) is 34.1. The van der Waals surface area contributed by atoms with Crippen LogP contribution in [0.2, 0.25) is 0 Å². The summed E-state index contributed by atoms with van der Waals surface area (Å²) in [5.41, 5.74) is 2.40. The molecule has 7 nitrogen and oxygen atoms in total. The number of imidazole rings is 1. The number of fused-ring (bicyclic) bond motifs is 2. The molecule has 2 heterocycles. The highest BCUT2D eigenvalue weighted by Gasteiger charge is 2.17. The number of hydrogen-bond donors (Lipinski definition) is 1. The molecule has 4 aromatic rings. The van der Waals surface area contributed by atoms with Gasteiger partial charge in [0, 0.05) is 20.0 Å². The Hall–Kier alpha value is -3.48. The van der Waals surface area contributed by atoms with E-state index in [9.17, 15) is 9.59 Å². The van der Waals surface area contributed by atoms with Crippen molar-refractivity contribution in [3.8, 4) is 0 Å². The van der Waals surface area contributed by atoms with Crippen molar-refractivity contribution in [1.29, 1.82) is 0 Å². The fraction of sp³-hybridized carbons (Fsp3) is 0.238. The standard InChI is InChI=1S/C21H21N5O2/c1-14(26-13-23-16-8-4-3-7-15(16)21(26)28)20(27)22-12-11-19-24-17-9-5-6-10-18(17)25(19)2/h3-10,13-14H,11-12H2,1-2H3,(H,22,27)/t14-/m0/s1. The molecule has 28 heavy (non-hydrogen) atoms. The Labute approximate surface area is 161 Å². The van der Waals surface area contributed by atoms with Crippen LogP contribution in [0.25, 0.3) is 21.9 Å². The molecule has 142 valence electrons. The number of nitrogens with zero attached hydrogens (tertiary/aromatic N) is 4. The molecule has 0 fully saturated rings. The zero-order valence-electron chi connectivity index (χ0n) is 15.8. The van der Waals surface area contributed by atoms with E-state index in [1.165, 1.54) is 10.9 Å². The average Bonchev–Trinajstić information content (AvgIpc) is 3.04. The van der Waals surface area contributed by atoms with Crippen LogP contribution in [0.15, 0.2) is 59.7 Å². The number of para-hydroxylation sites is 3. The number of hydrogen-bond acceptors (Lipinski definition) is 4. The lowest BCUT2D eigenvalue weighted by atomic mass is 10.2. The first-order chi connectivity index (χ1) is 13.6. The van der Waals surface area contributed by atoms with Gasteiger partial charge in [-0.3, -0.25) is 14.2 Å². The van der Waals surface area contributed by atoms with Gasteiger partial charge in [0.05, 0.1) is 28.3 Å². The third kappa shape index (κ3) is 3.15. The molecule has 4 rings (SSSR count). The van der Waals surface area contributed by atoms with Gasteiger partial charge in [-0.05, 0) is 31.2 Å². The molecule has 1 N–H and O–H groups in total. The van der Waals surface area contributed by atoms with E-state index in [2.05, 4.69) is 15.3 Å². The van der Waals surface area contributed by atoms with Gasteiger partial charge in [-0.15, -0.1) is 0 Å². The summed E-state index contributed by atoms with van der Waals surface area (Å²) in [5.74, 6) is 0.677. The molecule has 0 unspecified atom stereocenters. The monoisotopic (exact) mass is 375 g/mol. The maximum Gasteiger partial charge on any atom is 0.261 e. The van der Waals surface area contributed by atoms with Crippen LogP contribution in [-0.4, -0.2) is 31.6 Å². The lowest BCUT2D eigenvalue weighted by molar-refractivity contribution is -0.123. The lowest BCUT2D eigenvalue weighted by Gasteiger charge is -2.15. The Balaban J connectivity index is 1.45. The summed E-state index contributed by atoms with van der Waals surface area (Å²) in [7, 11) is 1.97. The largest absolute Gasteiger partial charge is 0.354 e. The van der Waals surface area contributed by atoms with Crippen LogP contribution >= 0.6 is 0 Å². The van der Waals surface area contributed by atoms with E-state index in [0.717, 1.165) is 16.9 Å². The summed E-state index contributed by atoms with van der Waals surface area (Å²) < 4.78 is 3.40. The molecule has 0 saturated carbocycles. The van der Waals surface area contributed by atoms with E-state index in [-0.39, 0.29) is 11.5 Å². The van der Waals surface area contributed by atoms with Gasteiger partial charge in [-0.25, -0.2) is 9.97 Å². The van der Waals surface area contributed by atoms with Crippen LogP contribution in [0.1, 0.15) is 18.8 Å². The van der Waals surface area contributed by atoms with Gasteiger partial charge in [-0.1, -0.05) is 24.3 Å². The molecule has 2 aromatic heterocycles. The quantitative estimate of drug-likeness (QED) is 0.580. The second-order valence-electron chi connectivity index (χ2n) is 6.77. The molecule has 0 saturated heterocycles. The second-order valence-corrected chi connectivity index (χ2v) is 6.77. The van der Waals surface area contributed by atoms with E-state index in [0.29, 0.717) is 23.9 Å². The van der Waals surface area contributed by atoms with Crippen molar-refractivity contribution in [3.63, 3.8) is 0 Å². The number of aryl methyl sites for hydroxylation is 1. The van der Waals surface area contributed by atoms with Crippen LogP contribution in [0, 0.1) is 0 Å². The van der Waals surface area contributed by atoms with Gasteiger partial charge in [0.2, 0.25) is 5.91 Å². The van der Waals surface area contributed by atoms with Crippen LogP contribution in [0.3, 0.4) is 0 Å². The minimum Gasteiger partial charge on any atom is -0.354 e. The van der Waals surface area contributed by atoms with Crippen LogP contribution in [-0.2, 0) is 18.3 Å². The number of amides is 1. The Morgan fingerprint density at radius 3 is 2.61 bits per heavy atom. The highest BCUT2D eigenvalue weighted by Crippen LogP contribution is 2.14. The van der Waals surface area contributed by atoms with Crippen molar-refractivity contribution in [2.75, 3.05) is 6.54 Å². The molecular formula is C21H21N5O2. The van der Waals surface area contributed by atoms with Gasteiger partial charge < -0.3 is 9.88 Å². The summed E-state index contributed by atoms with van der Waals surface area (Å²) in [6.45, 7) is 2.14. The Morgan fingerprint density at radius 2 is 1.82 bits per heavy atom. The summed E-state index contributed by atoms with van der Waals surface area (Å²) >= 11 is 0. The number of benzene rings is 2. The van der Waals surface area contributed by atoms with E-state index in [1.54, 1.807) is 25.1 Å². The summed E-state index contributed by atoms with van der Waals surface area (Å²) in [5, 5.41) is 3.40. The van der Waals surface area contributed by atoms with Crippen molar-refractivity contribution in [1.82, 2.24) is 24.4 Å². The van der Waals surface area contributed by atoms with E-state index < -0.39 is 6.04 Å². The van der Waals surface area contributed by atoms with Crippen LogP contribution < -0.4 is 10.9 Å². The van der Waals surface area contributed by atoms with Gasteiger partial charge in [-0.2, -0.15) is 0 Å². The third-order valence-electron chi connectivity index (χ3n) is 5.01. The number of aromatic nitrogens is 4. The highest BCUT2D eigenvalue weighted by molar-refractivity contribution is 5.81. The molecule has 0 bridgehead atoms. The first-order valence-corrected chi connectivity index (χ1v) is 9.20. The van der Waals surface area contributed by atoms with Crippen LogP contribution in [0.4, 0.5) is 0 Å². The van der Waals surface area contributed by atoms with Gasteiger partial charge in [0.25, 0.3) is 5.56 Å². The first kappa shape index (κ1) is 17.9. The molecule has 7 heteroatoms. The predicted octanol–water partition coefficient (Wildman–Crippen LogP) is 2.20. The molecule has 0 radical (unpaired) electrons. The topological polar surface area (TPSA) is 81.8 Å². The fourth-order valence-corrected chi connectivity index (χ4v) is 3.35. The Morgan fingerprint density at radius 1 is 1.11 bits per heavy atom. The molecule has 0 aliphatic heterocycles. The van der Waals surface area contributed by atoms with Crippen LogP contribution in [0.5, 0.6) is 0 Å². The first-order valence-electron chi connectivity index (χ1n) is 9.20. The fourth-order valence-electron chi connectivity index (χ4n) is 3.35. The molecule has 1 amide bonds. The number of carbonyl (C=O) groups excluding carboxylic acids is 1. The van der Waals surface area contributed by atoms with Crippen molar-refractivity contribution in [2.24, 2.45) is 7.05 Å². The maximum absolute atomic E-state index is 12.6. The average molecular weight is 375 g/mol. The van der Waals surface area contributed by atoms with Gasteiger partial charge in [0.1, 0.15) is 11.9 Å². The van der Waals surface area contributed by atoms with Crippen molar-refractivity contribution in [2.45, 2.75) is 19.4 Å². The van der Waals surface area contributed by atoms with Gasteiger partial charge in [0.15, 0.2) is 0 Å². The molecule has 0 aliphatic rings. The molecule has 0 spiro atoms. The van der Waals surface area contributed by atoms with Crippen molar-refractivity contribution in [3.05, 3.63) is 71.0 Å². The molecular weight excluding hydrogens is 354 g/mol. The van der Waals surface area contributed by atoms with E-state index in [4.69, 9.17) is 0 Å². The SMILES string of the molecule is C[C@@H](C(=O)NCCc1nc2ccccc2n1C)n1cnc2ccccc2c1=O. The Kier molecular flexibility index (Phi) is 4.65. The normalized spacial score (nSPS) is 12.4. The number of carbonyl (C=O) groups is 1. The zero-order chi connectivity index (χ0) is 19.7. The number of rotatable bonds is 5. The zero-order valence-corrected chi connectivity index (χ0v) is 15.8. The highest BCUT2D eigenvalue weighted by atomic mass is 16.2. The van der Waals surface area contributed by atoms with E-state index in [1.807, 2.05) is 41.9 Å². The Bertz CT molecular complexity index is 1220. The second kappa shape index (κ2) is 7.26. The summed E-state index contributed by atoms with van der Waals surface area (Å²) in [6.07, 6.45) is 2.04. The van der Waals surface area contributed by atoms with Gasteiger partial charge >= 0.3 is 0 Å². The molecule has 0 aliphatic carbocycles. The minimum atomic E-state index is -0.648. The lowest BCUT2D eigenvalue weighted by Crippen LogP contribution is -2.37. The predicted molar refractivity (Wildman–Crippen MR) is 108 cm³/mol. The molecule has 2 aromatic carbocycles. The molecule has 1 atom stereocenters. The number of nitrogens with one attached hydrogen (secondary N) is 1.